The van der Waals surface area contributed by atoms with Gasteiger partial charge in [0.2, 0.25) is 0 Å². The van der Waals surface area contributed by atoms with Crippen LogP contribution in [0.1, 0.15) is 57.7 Å². The van der Waals surface area contributed by atoms with E-state index in [1.807, 2.05) is 27.7 Å². The van der Waals surface area contributed by atoms with Gasteiger partial charge in [-0.15, -0.1) is 0 Å². The summed E-state index contributed by atoms with van der Waals surface area (Å²) in [6.07, 6.45) is 4.56. The van der Waals surface area contributed by atoms with Crippen LogP contribution in [0.3, 0.4) is 0 Å². The average Bonchev–Trinajstić information content (AvgIpc) is 3.22. The first-order valence-corrected chi connectivity index (χ1v) is 9.66. The maximum absolute atomic E-state index is 5.67. The van der Waals surface area contributed by atoms with Gasteiger partial charge in [-0.2, -0.15) is 0 Å². The highest BCUT2D eigenvalue weighted by atomic mass is 16.6. The van der Waals surface area contributed by atoms with Crippen LogP contribution in [0.2, 0.25) is 0 Å². The number of fused-ring (bicyclic) bond motifs is 1. The summed E-state index contributed by atoms with van der Waals surface area (Å²) in [5.74, 6) is 1.70. The molecule has 0 radical (unpaired) electrons. The summed E-state index contributed by atoms with van der Waals surface area (Å²) in [4.78, 5) is 17.3. The Morgan fingerprint density at radius 3 is 2.57 bits per heavy atom. The van der Waals surface area contributed by atoms with E-state index in [-0.39, 0.29) is 0 Å². The number of hydrogen-bond donors (Lipinski definition) is 2. The Hall–Kier alpha value is -3.08. The van der Waals surface area contributed by atoms with Crippen molar-refractivity contribution in [3.63, 3.8) is 0 Å². The molecule has 0 spiro atoms. The topological polar surface area (TPSA) is 66.1 Å². The molecule has 1 aliphatic rings. The molecule has 1 fully saturated rings. The highest BCUT2D eigenvalue weighted by Crippen LogP contribution is 2.32. The monoisotopic (exact) mass is 374 g/mol. The summed E-state index contributed by atoms with van der Waals surface area (Å²) < 4.78 is 0. The molecule has 1 aromatic carbocycles. The van der Waals surface area contributed by atoms with Gasteiger partial charge >= 0.3 is 0 Å². The van der Waals surface area contributed by atoms with Gasteiger partial charge in [-0.1, -0.05) is 16.8 Å². The van der Waals surface area contributed by atoms with E-state index >= 15 is 0 Å². The quantitative estimate of drug-likeness (QED) is 0.317. The zero-order valence-corrected chi connectivity index (χ0v) is 17.1. The second kappa shape index (κ2) is 7.15. The second-order valence-electron chi connectivity index (χ2n) is 7.84. The summed E-state index contributed by atoms with van der Waals surface area (Å²) in [7, 11) is 0. The minimum absolute atomic E-state index is 0.758. The molecule has 0 atom stereocenters. The number of aryl methyl sites for hydroxylation is 1. The Bertz CT molecular complexity index is 1130. The Morgan fingerprint density at radius 1 is 1.11 bits per heavy atom. The lowest BCUT2D eigenvalue weighted by Gasteiger charge is -2.05. The number of nitrogens with one attached hydrogen (secondary N) is 2. The van der Waals surface area contributed by atoms with Crippen molar-refractivity contribution in [2.24, 2.45) is 5.16 Å². The molecule has 0 unspecified atom stereocenters. The third kappa shape index (κ3) is 3.79. The van der Waals surface area contributed by atoms with Gasteiger partial charge < -0.3 is 14.8 Å². The van der Waals surface area contributed by atoms with Crippen molar-refractivity contribution in [1.82, 2.24) is 15.0 Å². The summed E-state index contributed by atoms with van der Waals surface area (Å²) in [6, 6.07) is 8.48. The van der Waals surface area contributed by atoms with E-state index in [4.69, 9.17) is 9.82 Å². The van der Waals surface area contributed by atoms with Gasteiger partial charge in [0.1, 0.15) is 5.82 Å². The first-order chi connectivity index (χ1) is 13.4. The number of aromatic nitrogens is 3. The molecule has 1 saturated carbocycles. The first-order valence-electron chi connectivity index (χ1n) is 9.66. The minimum atomic E-state index is 0.758. The molecule has 3 aromatic rings. The molecule has 2 heterocycles. The number of rotatable bonds is 5. The molecule has 144 valence electrons. The van der Waals surface area contributed by atoms with E-state index in [9.17, 15) is 0 Å². The lowest BCUT2D eigenvalue weighted by Crippen LogP contribution is -1.92. The number of hydrogen-bond acceptors (Lipinski definition) is 3. The SMILES string of the molecule is CC(C)=NOC(=C(C)C)c1cc2cc(-c3nc(C=C4CC4)[nH]c3C)ccc2[nH]1. The Labute approximate surface area is 165 Å². The molecule has 5 heteroatoms. The van der Waals surface area contributed by atoms with Crippen molar-refractivity contribution in [2.75, 3.05) is 0 Å². The number of benzene rings is 1. The number of oxime groups is 1. The molecular formula is C23H26N4O. The van der Waals surface area contributed by atoms with Crippen molar-refractivity contribution in [1.29, 1.82) is 0 Å². The molecule has 0 saturated heterocycles. The number of allylic oxidation sites excluding steroid dienone is 2. The summed E-state index contributed by atoms with van der Waals surface area (Å²) in [6.45, 7) is 9.95. The van der Waals surface area contributed by atoms with E-state index in [0.717, 1.165) is 56.4 Å². The molecule has 0 bridgehead atoms. The van der Waals surface area contributed by atoms with Crippen LogP contribution in [0, 0.1) is 6.92 Å². The fraction of sp³-hybridized carbons (Fsp3) is 0.304. The molecule has 0 amide bonds. The van der Waals surface area contributed by atoms with Crippen molar-refractivity contribution in [2.45, 2.75) is 47.5 Å². The molecule has 2 aromatic heterocycles. The zero-order valence-electron chi connectivity index (χ0n) is 17.1. The van der Waals surface area contributed by atoms with Gasteiger partial charge in [0, 0.05) is 22.2 Å². The fourth-order valence-electron chi connectivity index (χ4n) is 3.19. The third-order valence-corrected chi connectivity index (χ3v) is 4.69. The summed E-state index contributed by atoms with van der Waals surface area (Å²) >= 11 is 0. The van der Waals surface area contributed by atoms with Gasteiger partial charge in [-0.25, -0.2) is 4.98 Å². The van der Waals surface area contributed by atoms with Crippen LogP contribution >= 0.6 is 0 Å². The van der Waals surface area contributed by atoms with Crippen LogP contribution in [0.15, 0.2) is 40.6 Å². The standard InChI is InChI=1S/C23H26N4O/c1-13(2)23(28-27-14(3)4)20-12-18-11-17(8-9-19(18)25-20)22-15(5)24-21(26-22)10-16-6-7-16/h8-12,25H,6-7H2,1-5H3,(H,24,26). The maximum atomic E-state index is 5.67. The van der Waals surface area contributed by atoms with E-state index < -0.39 is 0 Å². The van der Waals surface area contributed by atoms with Gasteiger partial charge in [0.15, 0.2) is 5.76 Å². The second-order valence-corrected chi connectivity index (χ2v) is 7.84. The molecule has 4 rings (SSSR count). The van der Waals surface area contributed by atoms with Gasteiger partial charge in [-0.3, -0.25) is 0 Å². The normalized spacial score (nSPS) is 12.8. The van der Waals surface area contributed by atoms with Crippen LogP contribution in [-0.2, 0) is 4.84 Å². The van der Waals surface area contributed by atoms with Crippen LogP contribution < -0.4 is 0 Å². The minimum Gasteiger partial charge on any atom is -0.355 e. The van der Waals surface area contributed by atoms with Gasteiger partial charge in [0.25, 0.3) is 0 Å². The van der Waals surface area contributed by atoms with Crippen LogP contribution in [0.5, 0.6) is 0 Å². The van der Waals surface area contributed by atoms with Crippen molar-refractivity contribution in [3.8, 4) is 11.3 Å². The highest BCUT2D eigenvalue weighted by Gasteiger charge is 2.15. The lowest BCUT2D eigenvalue weighted by atomic mass is 10.1. The predicted molar refractivity (Wildman–Crippen MR) is 116 cm³/mol. The molecule has 1 aliphatic carbocycles. The Balaban J connectivity index is 1.70. The highest BCUT2D eigenvalue weighted by molar-refractivity contribution is 5.88. The maximum Gasteiger partial charge on any atom is 0.179 e. The molecule has 0 aliphatic heterocycles. The van der Waals surface area contributed by atoms with Crippen LogP contribution in [-0.4, -0.2) is 20.7 Å². The third-order valence-electron chi connectivity index (χ3n) is 4.69. The number of imidazole rings is 1. The van der Waals surface area contributed by atoms with E-state index in [1.54, 1.807) is 0 Å². The fourth-order valence-corrected chi connectivity index (χ4v) is 3.19. The Kier molecular flexibility index (Phi) is 4.67. The lowest BCUT2D eigenvalue weighted by molar-refractivity contribution is 0.293. The summed E-state index contributed by atoms with van der Waals surface area (Å²) in [5.41, 5.74) is 8.59. The van der Waals surface area contributed by atoms with Crippen LogP contribution in [0.4, 0.5) is 0 Å². The number of nitrogens with zero attached hydrogens (tertiary/aromatic N) is 2. The predicted octanol–water partition coefficient (Wildman–Crippen LogP) is 6.21. The molecule has 28 heavy (non-hydrogen) atoms. The Morgan fingerprint density at radius 2 is 1.89 bits per heavy atom. The van der Waals surface area contributed by atoms with E-state index in [2.05, 4.69) is 52.4 Å². The van der Waals surface area contributed by atoms with E-state index in [0.29, 0.717) is 0 Å². The van der Waals surface area contributed by atoms with Gasteiger partial charge in [-0.05, 0) is 77.3 Å². The molecular weight excluding hydrogens is 348 g/mol. The summed E-state index contributed by atoms with van der Waals surface area (Å²) in [5, 5.41) is 5.24. The average molecular weight is 374 g/mol. The van der Waals surface area contributed by atoms with Gasteiger partial charge in [0.05, 0.1) is 17.1 Å². The number of aromatic amines is 2. The van der Waals surface area contributed by atoms with Crippen molar-refractivity contribution < 1.29 is 4.84 Å². The van der Waals surface area contributed by atoms with Crippen LogP contribution in [0.25, 0.3) is 34.0 Å². The zero-order chi connectivity index (χ0) is 19.8. The smallest absolute Gasteiger partial charge is 0.179 e. The molecule has 5 nitrogen and oxygen atoms in total. The number of H-pyrrole nitrogens is 2. The first kappa shape index (κ1) is 18.3. The molecule has 2 N–H and O–H groups in total. The van der Waals surface area contributed by atoms with E-state index in [1.165, 1.54) is 18.4 Å². The van der Waals surface area contributed by atoms with Crippen molar-refractivity contribution >= 4 is 28.4 Å². The van der Waals surface area contributed by atoms with Crippen molar-refractivity contribution in [3.05, 3.63) is 52.6 Å². The largest absolute Gasteiger partial charge is 0.355 e.